The van der Waals surface area contributed by atoms with Crippen molar-refractivity contribution in [2.45, 2.75) is 19.3 Å². The molecular formula is C67H48N2. The van der Waals surface area contributed by atoms with Crippen LogP contribution in [0.5, 0.6) is 0 Å². The topological polar surface area (TPSA) is 8.17 Å². The Labute approximate surface area is 403 Å². The SMILES string of the molecule is CC1(C)c2ccccc2-c2ccc(N(c3cccc(-c4ccc(-c5ccc6c(c5)c5ccccc5n6-c5ccc(-c6ccccc6)cc5)cc4)c3)c3ccc(-c4ccccc4)c4ccccc34)cc21. The monoisotopic (exact) mass is 880 g/mol. The molecule has 326 valence electrons. The molecule has 2 heteroatoms. The van der Waals surface area contributed by atoms with Gasteiger partial charge in [0.05, 0.1) is 16.7 Å². The maximum absolute atomic E-state index is 2.47. The van der Waals surface area contributed by atoms with Gasteiger partial charge in [-0.2, -0.15) is 0 Å². The van der Waals surface area contributed by atoms with Gasteiger partial charge in [-0.05, 0) is 133 Å². The number of hydrogen-bond donors (Lipinski definition) is 0. The molecule has 1 heterocycles. The van der Waals surface area contributed by atoms with Gasteiger partial charge >= 0.3 is 0 Å². The van der Waals surface area contributed by atoms with Crippen LogP contribution in [-0.4, -0.2) is 4.57 Å². The van der Waals surface area contributed by atoms with E-state index >= 15 is 0 Å². The van der Waals surface area contributed by atoms with Gasteiger partial charge in [-0.15, -0.1) is 0 Å². The number of rotatable bonds is 8. The predicted molar refractivity (Wildman–Crippen MR) is 292 cm³/mol. The maximum Gasteiger partial charge on any atom is 0.0541 e. The molecule has 69 heavy (non-hydrogen) atoms. The van der Waals surface area contributed by atoms with E-state index in [0.717, 1.165) is 22.7 Å². The minimum absolute atomic E-state index is 0.132. The Bertz CT molecular complexity index is 3900. The van der Waals surface area contributed by atoms with Crippen LogP contribution in [-0.2, 0) is 5.41 Å². The molecule has 0 atom stereocenters. The van der Waals surface area contributed by atoms with E-state index in [2.05, 4.69) is 278 Å². The van der Waals surface area contributed by atoms with Crippen LogP contribution in [0.2, 0.25) is 0 Å². The van der Waals surface area contributed by atoms with Gasteiger partial charge in [-0.1, -0.05) is 208 Å². The molecule has 13 rings (SSSR count). The van der Waals surface area contributed by atoms with Gasteiger partial charge in [0, 0.05) is 38.6 Å². The first kappa shape index (κ1) is 40.5. The second kappa shape index (κ2) is 16.3. The van der Waals surface area contributed by atoms with Gasteiger partial charge in [-0.25, -0.2) is 0 Å². The number of anilines is 3. The minimum atomic E-state index is -0.132. The molecule has 0 radical (unpaired) electrons. The molecular weight excluding hydrogens is 833 g/mol. The first-order valence-corrected chi connectivity index (χ1v) is 24.0. The van der Waals surface area contributed by atoms with Crippen molar-refractivity contribution in [1.82, 2.24) is 4.57 Å². The average molecular weight is 881 g/mol. The van der Waals surface area contributed by atoms with E-state index in [1.54, 1.807) is 0 Å². The number of fused-ring (bicyclic) bond motifs is 7. The highest BCUT2D eigenvalue weighted by Gasteiger charge is 2.36. The van der Waals surface area contributed by atoms with Crippen LogP contribution in [0.25, 0.3) is 93.9 Å². The molecule has 0 saturated heterocycles. The fraction of sp³-hybridized carbons (Fsp3) is 0.0448. The lowest BCUT2D eigenvalue weighted by molar-refractivity contribution is 0.660. The normalized spacial score (nSPS) is 12.6. The molecule has 1 aliphatic rings. The number of nitrogens with zero attached hydrogens (tertiary/aromatic N) is 2. The predicted octanol–water partition coefficient (Wildman–Crippen LogP) is 18.4. The summed E-state index contributed by atoms with van der Waals surface area (Å²) in [7, 11) is 0. The van der Waals surface area contributed by atoms with Crippen LogP contribution in [0.4, 0.5) is 17.1 Å². The van der Waals surface area contributed by atoms with Crippen LogP contribution < -0.4 is 4.90 Å². The first-order chi connectivity index (χ1) is 34.0. The molecule has 11 aromatic carbocycles. The third kappa shape index (κ3) is 6.79. The van der Waals surface area contributed by atoms with E-state index < -0.39 is 0 Å². The zero-order valence-corrected chi connectivity index (χ0v) is 38.6. The highest BCUT2D eigenvalue weighted by Crippen LogP contribution is 2.51. The van der Waals surface area contributed by atoms with Crippen LogP contribution in [0.1, 0.15) is 25.0 Å². The summed E-state index contributed by atoms with van der Waals surface area (Å²) in [6.45, 7) is 4.73. The summed E-state index contributed by atoms with van der Waals surface area (Å²) in [5.41, 5.74) is 21.8. The summed E-state index contributed by atoms with van der Waals surface area (Å²) in [6.07, 6.45) is 0. The van der Waals surface area contributed by atoms with Crippen molar-refractivity contribution in [2.24, 2.45) is 0 Å². The largest absolute Gasteiger partial charge is 0.310 e. The molecule has 1 aliphatic carbocycles. The lowest BCUT2D eigenvalue weighted by Crippen LogP contribution is -2.16. The lowest BCUT2D eigenvalue weighted by Gasteiger charge is -2.30. The summed E-state index contributed by atoms with van der Waals surface area (Å²) in [5.74, 6) is 0. The van der Waals surface area contributed by atoms with Crippen molar-refractivity contribution in [2.75, 3.05) is 4.90 Å². The van der Waals surface area contributed by atoms with E-state index in [9.17, 15) is 0 Å². The van der Waals surface area contributed by atoms with Gasteiger partial charge in [0.1, 0.15) is 0 Å². The zero-order chi connectivity index (χ0) is 46.1. The van der Waals surface area contributed by atoms with Crippen molar-refractivity contribution in [3.05, 3.63) is 266 Å². The van der Waals surface area contributed by atoms with Gasteiger partial charge in [0.15, 0.2) is 0 Å². The third-order valence-electron chi connectivity index (χ3n) is 14.6. The molecule has 0 aliphatic heterocycles. The molecule has 0 spiro atoms. The Hall–Kier alpha value is -8.72. The average Bonchev–Trinajstić information content (AvgIpc) is 3.87. The third-order valence-corrected chi connectivity index (χ3v) is 14.6. The van der Waals surface area contributed by atoms with E-state index in [1.807, 2.05) is 0 Å². The Morgan fingerprint density at radius 2 is 0.826 bits per heavy atom. The van der Waals surface area contributed by atoms with E-state index in [0.29, 0.717) is 0 Å². The Morgan fingerprint density at radius 3 is 1.59 bits per heavy atom. The minimum Gasteiger partial charge on any atom is -0.310 e. The number of benzene rings is 11. The first-order valence-electron chi connectivity index (χ1n) is 24.0. The van der Waals surface area contributed by atoms with Crippen molar-refractivity contribution < 1.29 is 0 Å². The molecule has 0 amide bonds. The summed E-state index contributed by atoms with van der Waals surface area (Å²) in [5, 5.41) is 4.93. The second-order valence-electron chi connectivity index (χ2n) is 18.9. The van der Waals surface area contributed by atoms with Crippen molar-refractivity contribution in [3.63, 3.8) is 0 Å². The van der Waals surface area contributed by atoms with Gasteiger partial charge < -0.3 is 9.47 Å². The number of para-hydroxylation sites is 1. The summed E-state index contributed by atoms with van der Waals surface area (Å²) < 4.78 is 2.39. The zero-order valence-electron chi connectivity index (χ0n) is 38.6. The molecule has 0 unspecified atom stereocenters. The van der Waals surface area contributed by atoms with Crippen molar-refractivity contribution in [1.29, 1.82) is 0 Å². The smallest absolute Gasteiger partial charge is 0.0541 e. The number of hydrogen-bond acceptors (Lipinski definition) is 1. The molecule has 0 N–H and O–H groups in total. The van der Waals surface area contributed by atoms with Crippen LogP contribution >= 0.6 is 0 Å². The van der Waals surface area contributed by atoms with Crippen molar-refractivity contribution in [3.8, 4) is 61.3 Å². The maximum atomic E-state index is 2.47. The van der Waals surface area contributed by atoms with Crippen LogP contribution in [0, 0.1) is 0 Å². The van der Waals surface area contributed by atoms with Crippen LogP contribution in [0.15, 0.2) is 255 Å². The summed E-state index contributed by atoms with van der Waals surface area (Å²) in [4.78, 5) is 2.47. The highest BCUT2D eigenvalue weighted by molar-refractivity contribution is 6.11. The molecule has 2 nitrogen and oxygen atoms in total. The van der Waals surface area contributed by atoms with E-state index in [-0.39, 0.29) is 5.41 Å². The van der Waals surface area contributed by atoms with Gasteiger partial charge in [0.25, 0.3) is 0 Å². The fourth-order valence-corrected chi connectivity index (χ4v) is 11.2. The Balaban J connectivity index is 0.884. The molecule has 12 aromatic rings. The quantitative estimate of drug-likeness (QED) is 0.148. The standard InChI is InChI=1S/C67H48N2/c1-67(2)62-26-13-11-23-57(62)58-38-37-54(44-63(58)67)68(65-41-39-55(49-18-7-4-8-19-49)56-22-9-10-24-59(56)65)53-21-15-20-50(42-53)47-28-30-48(31-29-47)51-34-40-66-61(43-51)60-25-12-14-27-64(60)69(66)52-35-32-46(33-36-52)45-16-5-3-6-17-45/h3-44H,1-2H3. The van der Waals surface area contributed by atoms with E-state index in [4.69, 9.17) is 0 Å². The molecule has 1 aromatic heterocycles. The Kier molecular flexibility index (Phi) is 9.55. The number of aromatic nitrogens is 1. The molecule has 0 fully saturated rings. The fourth-order valence-electron chi connectivity index (χ4n) is 11.2. The molecule has 0 saturated carbocycles. The highest BCUT2D eigenvalue weighted by atomic mass is 15.1. The summed E-state index contributed by atoms with van der Waals surface area (Å²) >= 11 is 0. The lowest BCUT2D eigenvalue weighted by atomic mass is 9.82. The van der Waals surface area contributed by atoms with Gasteiger partial charge in [-0.3, -0.25) is 0 Å². The van der Waals surface area contributed by atoms with Crippen molar-refractivity contribution >= 4 is 49.6 Å². The van der Waals surface area contributed by atoms with Crippen LogP contribution in [0.3, 0.4) is 0 Å². The van der Waals surface area contributed by atoms with E-state index in [1.165, 1.54) is 99.3 Å². The second-order valence-corrected chi connectivity index (χ2v) is 18.9. The van der Waals surface area contributed by atoms with Gasteiger partial charge in [0.2, 0.25) is 0 Å². The Morgan fingerprint density at radius 1 is 0.304 bits per heavy atom. The molecule has 0 bridgehead atoms. The summed E-state index contributed by atoms with van der Waals surface area (Å²) in [6, 6.07) is 93.6.